The van der Waals surface area contributed by atoms with Gasteiger partial charge >= 0.3 is 6.18 Å². The average Bonchev–Trinajstić information content (AvgIpc) is 2.48. The van der Waals surface area contributed by atoms with Gasteiger partial charge in [0.25, 0.3) is 5.91 Å². The van der Waals surface area contributed by atoms with Crippen molar-refractivity contribution in [3.8, 4) is 0 Å². The smallest absolute Gasteiger partial charge is 0.321 e. The van der Waals surface area contributed by atoms with Crippen LogP contribution in [0.3, 0.4) is 0 Å². The molecule has 1 amide bonds. The maximum atomic E-state index is 13.1. The van der Waals surface area contributed by atoms with Crippen molar-refractivity contribution in [2.75, 3.05) is 16.3 Å². The summed E-state index contributed by atoms with van der Waals surface area (Å²) in [5.41, 5.74) is -0.709. The number of halogens is 4. The van der Waals surface area contributed by atoms with Gasteiger partial charge in [-0.15, -0.1) is 0 Å². The van der Waals surface area contributed by atoms with E-state index in [1.807, 2.05) is 0 Å². The van der Waals surface area contributed by atoms with E-state index in [2.05, 4.69) is 10.0 Å². The molecule has 2 aromatic rings. The van der Waals surface area contributed by atoms with Gasteiger partial charge in [-0.3, -0.25) is 9.52 Å². The highest BCUT2D eigenvalue weighted by Gasteiger charge is 2.34. The Labute approximate surface area is 153 Å². The van der Waals surface area contributed by atoms with Crippen LogP contribution >= 0.6 is 11.6 Å². The molecule has 0 fully saturated rings. The highest BCUT2D eigenvalue weighted by molar-refractivity contribution is 7.92. The molecule has 5 nitrogen and oxygen atoms in total. The summed E-state index contributed by atoms with van der Waals surface area (Å²) in [4.78, 5) is 12.3. The third kappa shape index (κ3) is 5.12. The van der Waals surface area contributed by atoms with Crippen molar-refractivity contribution < 1.29 is 26.4 Å². The average molecular weight is 407 g/mol. The van der Waals surface area contributed by atoms with Crippen LogP contribution in [0.15, 0.2) is 36.4 Å². The van der Waals surface area contributed by atoms with Crippen LogP contribution < -0.4 is 10.0 Å². The molecule has 0 spiro atoms. The van der Waals surface area contributed by atoms with Gasteiger partial charge in [0.1, 0.15) is 0 Å². The second-order valence-corrected chi connectivity index (χ2v) is 7.73. The molecule has 0 aliphatic carbocycles. The van der Waals surface area contributed by atoms with Gasteiger partial charge in [0.2, 0.25) is 10.0 Å². The Balaban J connectivity index is 2.30. The highest BCUT2D eigenvalue weighted by atomic mass is 35.5. The molecule has 2 aromatic carbocycles. The van der Waals surface area contributed by atoms with E-state index in [1.54, 1.807) is 6.92 Å². The Morgan fingerprint density at radius 2 is 1.69 bits per heavy atom. The molecule has 2 rings (SSSR count). The third-order valence-corrected chi connectivity index (χ3v) is 4.14. The molecular weight excluding hydrogens is 393 g/mol. The summed E-state index contributed by atoms with van der Waals surface area (Å²) in [6.45, 7) is 1.56. The Kier molecular flexibility index (Phi) is 5.52. The summed E-state index contributed by atoms with van der Waals surface area (Å²) in [6, 6.07) is 7.05. The van der Waals surface area contributed by atoms with E-state index in [-0.39, 0.29) is 16.3 Å². The molecule has 0 saturated carbocycles. The zero-order valence-electron chi connectivity index (χ0n) is 13.6. The van der Waals surface area contributed by atoms with E-state index in [0.717, 1.165) is 18.4 Å². The van der Waals surface area contributed by atoms with Gasteiger partial charge in [-0.05, 0) is 48.9 Å². The van der Waals surface area contributed by atoms with Crippen LogP contribution in [0, 0.1) is 6.92 Å². The van der Waals surface area contributed by atoms with Crippen LogP contribution in [0.5, 0.6) is 0 Å². The maximum Gasteiger partial charge on any atom is 0.418 e. The first-order chi connectivity index (χ1) is 11.9. The molecule has 140 valence electrons. The topological polar surface area (TPSA) is 75.3 Å². The van der Waals surface area contributed by atoms with Gasteiger partial charge in [0.05, 0.1) is 23.2 Å². The minimum absolute atomic E-state index is 0.0737. The number of alkyl halides is 3. The third-order valence-electron chi connectivity index (χ3n) is 3.32. The summed E-state index contributed by atoms with van der Waals surface area (Å²) < 4.78 is 64.0. The zero-order chi connectivity index (χ0) is 19.7. The number of rotatable bonds is 4. The van der Waals surface area contributed by atoms with Crippen LogP contribution in [-0.4, -0.2) is 20.6 Å². The molecular formula is C16H14ClF3N2O3S. The van der Waals surface area contributed by atoms with E-state index in [1.165, 1.54) is 24.3 Å². The molecule has 26 heavy (non-hydrogen) atoms. The SMILES string of the molecule is Cc1cc(C(=O)Nc2ccc(Cl)cc2C(F)(F)F)ccc1NS(C)(=O)=O. The van der Waals surface area contributed by atoms with Crippen LogP contribution in [0.2, 0.25) is 5.02 Å². The van der Waals surface area contributed by atoms with Crippen molar-refractivity contribution in [1.82, 2.24) is 0 Å². The van der Waals surface area contributed by atoms with Crippen molar-refractivity contribution >= 4 is 38.9 Å². The normalized spacial score (nSPS) is 11.9. The van der Waals surface area contributed by atoms with Crippen molar-refractivity contribution in [2.24, 2.45) is 0 Å². The lowest BCUT2D eigenvalue weighted by Crippen LogP contribution is -2.17. The molecule has 0 saturated heterocycles. The van der Waals surface area contributed by atoms with Gasteiger partial charge < -0.3 is 5.32 Å². The van der Waals surface area contributed by atoms with Gasteiger partial charge in [0.15, 0.2) is 0 Å². The number of carbonyl (C=O) groups excluding carboxylic acids is 1. The minimum atomic E-state index is -4.69. The maximum absolute atomic E-state index is 13.1. The minimum Gasteiger partial charge on any atom is -0.321 e. The molecule has 0 heterocycles. The van der Waals surface area contributed by atoms with Crippen LogP contribution in [-0.2, 0) is 16.2 Å². The number of amides is 1. The number of hydrogen-bond donors (Lipinski definition) is 2. The summed E-state index contributed by atoms with van der Waals surface area (Å²) >= 11 is 5.60. The summed E-state index contributed by atoms with van der Waals surface area (Å²) in [5, 5.41) is 2.09. The molecule has 2 N–H and O–H groups in total. The van der Waals surface area contributed by atoms with Crippen molar-refractivity contribution in [1.29, 1.82) is 0 Å². The molecule has 0 radical (unpaired) electrons. The summed E-state index contributed by atoms with van der Waals surface area (Å²) in [7, 11) is -3.50. The molecule has 0 aromatic heterocycles. The van der Waals surface area contributed by atoms with E-state index in [9.17, 15) is 26.4 Å². The number of aryl methyl sites for hydroxylation is 1. The first kappa shape index (κ1) is 20.1. The number of hydrogen-bond acceptors (Lipinski definition) is 3. The number of nitrogens with one attached hydrogen (secondary N) is 2. The van der Waals surface area contributed by atoms with Gasteiger partial charge in [-0.1, -0.05) is 11.6 Å². The zero-order valence-corrected chi connectivity index (χ0v) is 15.2. The van der Waals surface area contributed by atoms with Crippen molar-refractivity contribution in [2.45, 2.75) is 13.1 Å². The van der Waals surface area contributed by atoms with Gasteiger partial charge in [-0.25, -0.2) is 8.42 Å². The molecule has 10 heteroatoms. The Hall–Kier alpha value is -2.26. The fourth-order valence-corrected chi connectivity index (χ4v) is 2.97. The van der Waals surface area contributed by atoms with Crippen LogP contribution in [0.1, 0.15) is 21.5 Å². The molecule has 0 atom stereocenters. The first-order valence-electron chi connectivity index (χ1n) is 7.13. The quantitative estimate of drug-likeness (QED) is 0.795. The molecule has 0 unspecified atom stereocenters. The standard InChI is InChI=1S/C16H14ClF3N2O3S/c1-9-7-10(3-5-13(9)22-26(2,24)25)15(23)21-14-6-4-11(17)8-12(14)16(18,19)20/h3-8,22H,1-2H3,(H,21,23). The largest absolute Gasteiger partial charge is 0.418 e. The lowest BCUT2D eigenvalue weighted by atomic mass is 10.1. The summed E-state index contributed by atoms with van der Waals surface area (Å²) in [5.74, 6) is -0.771. The second kappa shape index (κ2) is 7.16. The Bertz CT molecular complexity index is 960. The van der Waals surface area contributed by atoms with Crippen molar-refractivity contribution in [3.05, 3.63) is 58.1 Å². The Morgan fingerprint density at radius 3 is 2.23 bits per heavy atom. The second-order valence-electron chi connectivity index (χ2n) is 5.55. The fourth-order valence-electron chi connectivity index (χ4n) is 2.17. The Morgan fingerprint density at radius 1 is 1.08 bits per heavy atom. The predicted octanol–water partition coefficient (Wildman–Crippen LogP) is 4.29. The lowest BCUT2D eigenvalue weighted by Gasteiger charge is -2.15. The first-order valence-corrected chi connectivity index (χ1v) is 9.40. The lowest BCUT2D eigenvalue weighted by molar-refractivity contribution is -0.136. The van der Waals surface area contributed by atoms with Gasteiger partial charge in [0, 0.05) is 10.6 Å². The fraction of sp³-hybridized carbons (Fsp3) is 0.188. The molecule has 0 aliphatic rings. The van der Waals surface area contributed by atoms with E-state index >= 15 is 0 Å². The molecule has 0 aliphatic heterocycles. The van der Waals surface area contributed by atoms with E-state index in [0.29, 0.717) is 5.56 Å². The predicted molar refractivity (Wildman–Crippen MR) is 94.1 cm³/mol. The number of sulfonamides is 1. The monoisotopic (exact) mass is 406 g/mol. The van der Waals surface area contributed by atoms with Crippen LogP contribution in [0.4, 0.5) is 24.5 Å². The molecule has 0 bridgehead atoms. The summed E-state index contributed by atoms with van der Waals surface area (Å²) in [6.07, 6.45) is -3.71. The highest BCUT2D eigenvalue weighted by Crippen LogP contribution is 2.36. The van der Waals surface area contributed by atoms with Crippen molar-refractivity contribution in [3.63, 3.8) is 0 Å². The van der Waals surface area contributed by atoms with Crippen LogP contribution in [0.25, 0.3) is 0 Å². The van der Waals surface area contributed by atoms with E-state index in [4.69, 9.17) is 11.6 Å². The number of benzene rings is 2. The number of carbonyl (C=O) groups is 1. The number of anilines is 2. The van der Waals surface area contributed by atoms with E-state index < -0.39 is 33.4 Å². The van der Waals surface area contributed by atoms with Gasteiger partial charge in [-0.2, -0.15) is 13.2 Å².